The predicted molar refractivity (Wildman–Crippen MR) is 103 cm³/mol. The lowest BCUT2D eigenvalue weighted by atomic mass is 10.0. The second-order valence-corrected chi connectivity index (χ2v) is 6.56. The first-order chi connectivity index (χ1) is 12.4. The summed E-state index contributed by atoms with van der Waals surface area (Å²) in [5, 5.41) is 5.76. The molecular formula is C21H26N2O3. The number of benzene rings is 2. The third-order valence-corrected chi connectivity index (χ3v) is 4.12. The summed E-state index contributed by atoms with van der Waals surface area (Å²) in [4.78, 5) is 24.0. The molecular weight excluding hydrogens is 328 g/mol. The summed E-state index contributed by atoms with van der Waals surface area (Å²) in [5.41, 5.74) is 2.78. The van der Waals surface area contributed by atoms with Crippen molar-refractivity contribution in [1.29, 1.82) is 0 Å². The van der Waals surface area contributed by atoms with Gasteiger partial charge in [-0.15, -0.1) is 0 Å². The van der Waals surface area contributed by atoms with Gasteiger partial charge in [0.2, 0.25) is 11.8 Å². The molecule has 2 amide bonds. The van der Waals surface area contributed by atoms with Gasteiger partial charge in [-0.1, -0.05) is 38.1 Å². The molecule has 0 spiro atoms. The van der Waals surface area contributed by atoms with Crippen molar-refractivity contribution in [1.82, 2.24) is 5.32 Å². The Morgan fingerprint density at radius 1 is 1.04 bits per heavy atom. The molecule has 5 nitrogen and oxygen atoms in total. The third-order valence-electron chi connectivity index (χ3n) is 4.12. The number of nitrogens with one attached hydrogen (secondary N) is 2. The van der Waals surface area contributed by atoms with E-state index in [1.807, 2.05) is 48.5 Å². The van der Waals surface area contributed by atoms with Gasteiger partial charge in [0.25, 0.3) is 0 Å². The molecule has 2 rings (SSSR count). The molecule has 5 heteroatoms. The zero-order valence-electron chi connectivity index (χ0n) is 15.7. The van der Waals surface area contributed by atoms with E-state index in [0.717, 1.165) is 22.6 Å². The molecule has 0 bridgehead atoms. The Labute approximate surface area is 154 Å². The largest absolute Gasteiger partial charge is 0.497 e. The minimum absolute atomic E-state index is 0.151. The third kappa shape index (κ3) is 5.62. The lowest BCUT2D eigenvalue weighted by Crippen LogP contribution is -2.29. The van der Waals surface area contributed by atoms with E-state index in [1.54, 1.807) is 7.11 Å². The molecule has 0 saturated heterocycles. The van der Waals surface area contributed by atoms with Gasteiger partial charge in [-0.25, -0.2) is 0 Å². The van der Waals surface area contributed by atoms with E-state index in [9.17, 15) is 9.59 Å². The second-order valence-electron chi connectivity index (χ2n) is 6.56. The number of carbonyl (C=O) groups excluding carboxylic acids is 2. The molecule has 138 valence electrons. The topological polar surface area (TPSA) is 67.4 Å². The van der Waals surface area contributed by atoms with Crippen LogP contribution < -0.4 is 15.4 Å². The van der Waals surface area contributed by atoms with E-state index in [1.165, 1.54) is 6.92 Å². The molecule has 2 N–H and O–H groups in total. The zero-order valence-corrected chi connectivity index (χ0v) is 15.7. The van der Waals surface area contributed by atoms with Crippen LogP contribution >= 0.6 is 0 Å². The number of ether oxygens (including phenoxy) is 1. The van der Waals surface area contributed by atoms with Crippen LogP contribution in [-0.4, -0.2) is 18.9 Å². The maximum atomic E-state index is 12.5. The lowest BCUT2D eigenvalue weighted by molar-refractivity contribution is -0.120. The maximum absolute atomic E-state index is 12.5. The van der Waals surface area contributed by atoms with Crippen molar-refractivity contribution in [3.05, 3.63) is 59.7 Å². The maximum Gasteiger partial charge on any atom is 0.226 e. The van der Waals surface area contributed by atoms with Crippen LogP contribution in [0.3, 0.4) is 0 Å². The number of hydrogen-bond donors (Lipinski definition) is 2. The van der Waals surface area contributed by atoms with Gasteiger partial charge in [-0.3, -0.25) is 9.59 Å². The van der Waals surface area contributed by atoms with Crippen LogP contribution in [0.1, 0.15) is 50.3 Å². The van der Waals surface area contributed by atoms with E-state index in [0.29, 0.717) is 5.92 Å². The Hall–Kier alpha value is -2.82. The Morgan fingerprint density at radius 3 is 2.31 bits per heavy atom. The molecule has 1 unspecified atom stereocenters. The van der Waals surface area contributed by atoms with Crippen molar-refractivity contribution >= 4 is 17.5 Å². The minimum atomic E-state index is -0.397. The summed E-state index contributed by atoms with van der Waals surface area (Å²) in [5.74, 6) is 0.782. The normalized spacial score (nSPS) is 11.7. The van der Waals surface area contributed by atoms with Gasteiger partial charge in [-0.2, -0.15) is 0 Å². The first kappa shape index (κ1) is 19.5. The number of anilines is 1. The molecule has 26 heavy (non-hydrogen) atoms. The van der Waals surface area contributed by atoms with Crippen molar-refractivity contribution in [2.45, 2.75) is 39.2 Å². The Morgan fingerprint density at radius 2 is 1.73 bits per heavy atom. The second kappa shape index (κ2) is 9.04. The van der Waals surface area contributed by atoms with Gasteiger partial charge in [0.1, 0.15) is 5.75 Å². The SMILES string of the molecule is COc1ccc(C(CC(=O)Nc2cccc(C(C)C)c2)NC(C)=O)cc1. The van der Waals surface area contributed by atoms with E-state index in [4.69, 9.17) is 4.74 Å². The summed E-state index contributed by atoms with van der Waals surface area (Å²) in [6.45, 7) is 5.66. The number of carbonyl (C=O) groups is 2. The van der Waals surface area contributed by atoms with E-state index >= 15 is 0 Å². The summed E-state index contributed by atoms with van der Waals surface area (Å²) >= 11 is 0. The van der Waals surface area contributed by atoms with Crippen LogP contribution in [0.15, 0.2) is 48.5 Å². The minimum Gasteiger partial charge on any atom is -0.497 e. The molecule has 0 aliphatic heterocycles. The molecule has 2 aromatic carbocycles. The Balaban J connectivity index is 2.10. The van der Waals surface area contributed by atoms with Crippen LogP contribution in [0, 0.1) is 0 Å². The van der Waals surface area contributed by atoms with Gasteiger partial charge in [0.15, 0.2) is 0 Å². The highest BCUT2D eigenvalue weighted by atomic mass is 16.5. The highest BCUT2D eigenvalue weighted by Crippen LogP contribution is 2.22. The fraction of sp³-hybridized carbons (Fsp3) is 0.333. The lowest BCUT2D eigenvalue weighted by Gasteiger charge is -2.19. The molecule has 0 heterocycles. The molecule has 0 aliphatic carbocycles. The van der Waals surface area contributed by atoms with Crippen molar-refractivity contribution in [3.63, 3.8) is 0 Å². The predicted octanol–water partition coefficient (Wildman–Crippen LogP) is 4.02. The molecule has 0 saturated carbocycles. The van der Waals surface area contributed by atoms with Gasteiger partial charge in [0, 0.05) is 12.6 Å². The van der Waals surface area contributed by atoms with Gasteiger partial charge in [0.05, 0.1) is 19.6 Å². The van der Waals surface area contributed by atoms with E-state index in [2.05, 4.69) is 24.5 Å². The van der Waals surface area contributed by atoms with Crippen molar-refractivity contribution in [2.24, 2.45) is 0 Å². The summed E-state index contributed by atoms with van der Waals surface area (Å²) in [6, 6.07) is 14.7. The molecule has 0 aromatic heterocycles. The average Bonchev–Trinajstić information content (AvgIpc) is 2.61. The highest BCUT2D eigenvalue weighted by Gasteiger charge is 2.17. The fourth-order valence-corrected chi connectivity index (χ4v) is 2.71. The summed E-state index contributed by atoms with van der Waals surface area (Å²) < 4.78 is 5.15. The molecule has 0 radical (unpaired) electrons. The Kier molecular flexibility index (Phi) is 6.78. The van der Waals surface area contributed by atoms with Crippen LogP contribution in [0.25, 0.3) is 0 Å². The van der Waals surface area contributed by atoms with Crippen LogP contribution in [0.4, 0.5) is 5.69 Å². The van der Waals surface area contributed by atoms with E-state index < -0.39 is 6.04 Å². The van der Waals surface area contributed by atoms with Crippen molar-refractivity contribution < 1.29 is 14.3 Å². The smallest absolute Gasteiger partial charge is 0.226 e. The average molecular weight is 354 g/mol. The molecule has 0 aliphatic rings. The zero-order chi connectivity index (χ0) is 19.1. The summed E-state index contributed by atoms with van der Waals surface area (Å²) in [6.07, 6.45) is 0.151. The monoisotopic (exact) mass is 354 g/mol. The highest BCUT2D eigenvalue weighted by molar-refractivity contribution is 5.91. The number of amides is 2. The van der Waals surface area contributed by atoms with Crippen LogP contribution in [0.5, 0.6) is 5.75 Å². The van der Waals surface area contributed by atoms with Crippen molar-refractivity contribution in [2.75, 3.05) is 12.4 Å². The molecule has 0 fully saturated rings. The standard InChI is InChI=1S/C21H26N2O3/c1-14(2)17-6-5-7-18(12-17)23-21(25)13-20(22-15(3)24)16-8-10-19(26-4)11-9-16/h5-12,14,20H,13H2,1-4H3,(H,22,24)(H,23,25). The Bertz CT molecular complexity index is 754. The number of hydrogen-bond acceptors (Lipinski definition) is 3. The van der Waals surface area contributed by atoms with Gasteiger partial charge >= 0.3 is 0 Å². The fourth-order valence-electron chi connectivity index (χ4n) is 2.71. The number of rotatable bonds is 7. The first-order valence-corrected chi connectivity index (χ1v) is 8.70. The van der Waals surface area contributed by atoms with E-state index in [-0.39, 0.29) is 18.2 Å². The van der Waals surface area contributed by atoms with Crippen LogP contribution in [-0.2, 0) is 9.59 Å². The van der Waals surface area contributed by atoms with Gasteiger partial charge in [-0.05, 0) is 41.3 Å². The quantitative estimate of drug-likeness (QED) is 0.789. The summed E-state index contributed by atoms with van der Waals surface area (Å²) in [7, 11) is 1.60. The molecule has 1 atom stereocenters. The molecule has 2 aromatic rings. The first-order valence-electron chi connectivity index (χ1n) is 8.70. The van der Waals surface area contributed by atoms with Crippen LogP contribution in [0.2, 0.25) is 0 Å². The van der Waals surface area contributed by atoms with Crippen molar-refractivity contribution in [3.8, 4) is 5.75 Å². The van der Waals surface area contributed by atoms with Gasteiger partial charge < -0.3 is 15.4 Å². The number of methoxy groups -OCH3 is 1.